The highest BCUT2D eigenvalue weighted by Gasteiger charge is 2.45. The van der Waals surface area contributed by atoms with Crippen molar-refractivity contribution < 1.29 is 19.6 Å². The maximum absolute atomic E-state index is 13.0. The summed E-state index contributed by atoms with van der Waals surface area (Å²) >= 11 is 0. The van der Waals surface area contributed by atoms with Crippen LogP contribution in [0.5, 0.6) is 0 Å². The first-order valence-electron chi connectivity index (χ1n) is 10.0. The standard InChI is InChI=1S/C24H28N2O3/c1-16-11-12-17(2)19(15-16)22(27)20-21(18-9-6-5-7-10-18)26(24(29)23(20)28)14-8-13-25(3)4/h5-7,9-12,15,21,27H,8,13-14H2,1-4H3/p+1/t21-/m0/s1. The van der Waals surface area contributed by atoms with Crippen LogP contribution < -0.4 is 4.90 Å². The van der Waals surface area contributed by atoms with Gasteiger partial charge in [0.05, 0.1) is 32.3 Å². The van der Waals surface area contributed by atoms with Gasteiger partial charge in [0.1, 0.15) is 5.76 Å². The maximum Gasteiger partial charge on any atom is 0.295 e. The summed E-state index contributed by atoms with van der Waals surface area (Å²) in [4.78, 5) is 28.8. The quantitative estimate of drug-likeness (QED) is 0.450. The molecule has 3 rings (SSSR count). The van der Waals surface area contributed by atoms with E-state index in [0.717, 1.165) is 29.7 Å². The average molecular weight is 394 g/mol. The fourth-order valence-corrected chi connectivity index (χ4v) is 3.83. The molecule has 0 radical (unpaired) electrons. The molecule has 1 aliphatic heterocycles. The van der Waals surface area contributed by atoms with Crippen molar-refractivity contribution in [2.24, 2.45) is 0 Å². The summed E-state index contributed by atoms with van der Waals surface area (Å²) in [5.41, 5.74) is 3.45. The zero-order valence-corrected chi connectivity index (χ0v) is 17.5. The molecular formula is C24H29N2O3+. The first-order valence-corrected chi connectivity index (χ1v) is 10.0. The minimum atomic E-state index is -0.616. The topological polar surface area (TPSA) is 62.0 Å². The Morgan fingerprint density at radius 2 is 1.76 bits per heavy atom. The van der Waals surface area contributed by atoms with Crippen molar-refractivity contribution in [2.45, 2.75) is 26.3 Å². The minimum Gasteiger partial charge on any atom is -0.507 e. The number of rotatable bonds is 6. The third kappa shape index (κ3) is 4.25. The van der Waals surface area contributed by atoms with Crippen molar-refractivity contribution in [1.82, 2.24) is 4.90 Å². The summed E-state index contributed by atoms with van der Waals surface area (Å²) in [5.74, 6) is -1.26. The second-order valence-corrected chi connectivity index (χ2v) is 8.03. The molecule has 1 aliphatic rings. The molecule has 5 heteroatoms. The summed E-state index contributed by atoms with van der Waals surface area (Å²) in [7, 11) is 4.12. The molecule has 0 unspecified atom stereocenters. The van der Waals surface area contributed by atoms with Crippen molar-refractivity contribution in [2.75, 3.05) is 27.2 Å². The molecule has 1 saturated heterocycles. The summed E-state index contributed by atoms with van der Waals surface area (Å²) < 4.78 is 0. The van der Waals surface area contributed by atoms with Crippen LogP contribution in [0.2, 0.25) is 0 Å². The Kier molecular flexibility index (Phi) is 6.18. The Bertz CT molecular complexity index is 948. The molecule has 0 aromatic heterocycles. The Labute approximate surface area is 172 Å². The predicted octanol–water partition coefficient (Wildman–Crippen LogP) is 2.26. The Morgan fingerprint density at radius 1 is 1.07 bits per heavy atom. The van der Waals surface area contributed by atoms with E-state index < -0.39 is 17.7 Å². The van der Waals surface area contributed by atoms with Crippen molar-refractivity contribution in [3.05, 3.63) is 76.4 Å². The number of carbonyl (C=O) groups is 2. The molecule has 2 N–H and O–H groups in total. The number of Topliss-reactive ketones (excluding diaryl/α,β-unsaturated/α-hetero) is 1. The summed E-state index contributed by atoms with van der Waals surface area (Å²) in [5, 5.41) is 11.2. The Balaban J connectivity index is 2.12. The number of aryl methyl sites for hydroxylation is 2. The van der Waals surface area contributed by atoms with Crippen LogP contribution in [0.4, 0.5) is 0 Å². The molecule has 1 atom stereocenters. The van der Waals surface area contributed by atoms with Crippen LogP contribution in [-0.4, -0.2) is 48.9 Å². The van der Waals surface area contributed by atoms with Gasteiger partial charge in [0.15, 0.2) is 0 Å². The van der Waals surface area contributed by atoms with Gasteiger partial charge in [0.25, 0.3) is 11.7 Å². The molecule has 0 aliphatic carbocycles. The number of hydrogen-bond donors (Lipinski definition) is 2. The Morgan fingerprint density at radius 3 is 2.41 bits per heavy atom. The van der Waals surface area contributed by atoms with E-state index in [2.05, 4.69) is 14.1 Å². The van der Waals surface area contributed by atoms with Crippen LogP contribution in [0.1, 0.15) is 34.7 Å². The van der Waals surface area contributed by atoms with Crippen LogP contribution in [0.15, 0.2) is 54.1 Å². The molecule has 152 valence electrons. The maximum atomic E-state index is 13.0. The zero-order chi connectivity index (χ0) is 21.1. The molecule has 0 bridgehead atoms. The number of hydrogen-bond acceptors (Lipinski definition) is 3. The average Bonchev–Trinajstić information content (AvgIpc) is 2.94. The second kappa shape index (κ2) is 8.62. The molecule has 2 aromatic carbocycles. The van der Waals surface area contributed by atoms with E-state index in [9.17, 15) is 14.7 Å². The lowest BCUT2D eigenvalue weighted by Crippen LogP contribution is -3.05. The number of ketones is 1. The van der Waals surface area contributed by atoms with Crippen LogP contribution in [0.3, 0.4) is 0 Å². The van der Waals surface area contributed by atoms with Gasteiger partial charge >= 0.3 is 0 Å². The van der Waals surface area contributed by atoms with Crippen LogP contribution in [-0.2, 0) is 9.59 Å². The largest absolute Gasteiger partial charge is 0.507 e. The molecule has 0 spiro atoms. The first kappa shape index (κ1) is 20.8. The normalized spacial score (nSPS) is 18.7. The number of quaternary nitrogens is 1. The molecule has 0 saturated carbocycles. The molecule has 1 heterocycles. The van der Waals surface area contributed by atoms with Gasteiger partial charge in [0, 0.05) is 18.5 Å². The minimum absolute atomic E-state index is 0.0980. The number of benzene rings is 2. The SMILES string of the molecule is Cc1ccc(C)c(C(O)=C2C(=O)C(=O)N(CCC[NH+](C)C)[C@H]2c2ccccc2)c1. The number of amides is 1. The number of aliphatic hydroxyl groups is 1. The Hall–Kier alpha value is -2.92. The van der Waals surface area contributed by atoms with Crippen LogP contribution in [0.25, 0.3) is 5.76 Å². The first-order chi connectivity index (χ1) is 13.8. The third-order valence-corrected chi connectivity index (χ3v) is 5.38. The molecule has 29 heavy (non-hydrogen) atoms. The van der Waals surface area contributed by atoms with E-state index in [4.69, 9.17) is 0 Å². The summed E-state index contributed by atoms with van der Waals surface area (Å²) in [6, 6.07) is 14.6. The summed E-state index contributed by atoms with van der Waals surface area (Å²) in [6.45, 7) is 5.19. The van der Waals surface area contributed by atoms with Gasteiger partial charge < -0.3 is 14.9 Å². The van der Waals surface area contributed by atoms with Crippen LogP contribution in [0, 0.1) is 13.8 Å². The molecule has 2 aromatic rings. The number of carbonyl (C=O) groups excluding carboxylic acids is 2. The molecule has 1 fully saturated rings. The lowest BCUT2D eigenvalue weighted by Gasteiger charge is -2.25. The number of nitrogens with zero attached hydrogens (tertiary/aromatic N) is 1. The van der Waals surface area contributed by atoms with Gasteiger partial charge in [0.2, 0.25) is 0 Å². The molecular weight excluding hydrogens is 364 g/mol. The highest BCUT2D eigenvalue weighted by Crippen LogP contribution is 2.39. The van der Waals surface area contributed by atoms with Gasteiger partial charge in [-0.15, -0.1) is 0 Å². The van der Waals surface area contributed by atoms with Gasteiger partial charge in [-0.1, -0.05) is 48.0 Å². The van der Waals surface area contributed by atoms with Crippen LogP contribution >= 0.6 is 0 Å². The second-order valence-electron chi connectivity index (χ2n) is 8.03. The fourth-order valence-electron chi connectivity index (χ4n) is 3.83. The van der Waals surface area contributed by atoms with Gasteiger partial charge in [-0.2, -0.15) is 0 Å². The lowest BCUT2D eigenvalue weighted by atomic mass is 9.93. The van der Waals surface area contributed by atoms with Gasteiger partial charge in [-0.3, -0.25) is 9.59 Å². The van der Waals surface area contributed by atoms with Crippen molar-refractivity contribution in [1.29, 1.82) is 0 Å². The lowest BCUT2D eigenvalue weighted by molar-refractivity contribution is -0.858. The highest BCUT2D eigenvalue weighted by atomic mass is 16.3. The van der Waals surface area contributed by atoms with Crippen molar-refractivity contribution in [3.8, 4) is 0 Å². The molecule has 1 amide bonds. The van der Waals surface area contributed by atoms with E-state index in [-0.39, 0.29) is 11.3 Å². The van der Waals surface area contributed by atoms with E-state index in [0.29, 0.717) is 12.1 Å². The van der Waals surface area contributed by atoms with E-state index in [1.54, 1.807) is 4.90 Å². The molecule has 5 nitrogen and oxygen atoms in total. The number of aliphatic hydroxyl groups excluding tert-OH is 1. The van der Waals surface area contributed by atoms with Gasteiger partial charge in [-0.05, 0) is 31.0 Å². The number of likely N-dealkylation sites (tertiary alicyclic amines) is 1. The zero-order valence-electron chi connectivity index (χ0n) is 17.5. The van der Waals surface area contributed by atoms with Crippen molar-refractivity contribution in [3.63, 3.8) is 0 Å². The fraction of sp³-hybridized carbons (Fsp3) is 0.333. The van der Waals surface area contributed by atoms with Crippen molar-refractivity contribution >= 4 is 17.4 Å². The monoisotopic (exact) mass is 393 g/mol. The highest BCUT2D eigenvalue weighted by molar-refractivity contribution is 6.46. The van der Waals surface area contributed by atoms with E-state index in [1.807, 2.05) is 62.4 Å². The summed E-state index contributed by atoms with van der Waals surface area (Å²) in [6.07, 6.45) is 0.780. The predicted molar refractivity (Wildman–Crippen MR) is 114 cm³/mol. The van der Waals surface area contributed by atoms with E-state index >= 15 is 0 Å². The van der Waals surface area contributed by atoms with Gasteiger partial charge in [-0.25, -0.2) is 0 Å². The third-order valence-electron chi connectivity index (χ3n) is 5.38. The smallest absolute Gasteiger partial charge is 0.295 e. The van der Waals surface area contributed by atoms with E-state index in [1.165, 1.54) is 4.90 Å². The number of nitrogens with one attached hydrogen (secondary N) is 1.